The minimum absolute atomic E-state index is 0.111. The maximum Gasteiger partial charge on any atom is 0.0387 e. The molecule has 2 N–H and O–H groups in total. The Bertz CT molecular complexity index is 599. The van der Waals surface area contributed by atoms with E-state index >= 15 is 0 Å². The molecule has 21 heavy (non-hydrogen) atoms. The van der Waals surface area contributed by atoms with Crippen LogP contribution in [0.25, 0.3) is 0 Å². The monoisotopic (exact) mass is 299 g/mol. The zero-order valence-electron chi connectivity index (χ0n) is 13.4. The fourth-order valence-electron chi connectivity index (χ4n) is 2.55. The van der Waals surface area contributed by atoms with Crippen LogP contribution in [0.1, 0.15) is 39.4 Å². The van der Waals surface area contributed by atoms with Crippen LogP contribution >= 0.6 is 11.8 Å². The van der Waals surface area contributed by atoms with Crippen LogP contribution in [0.4, 0.5) is 0 Å². The smallest absolute Gasteiger partial charge is 0.0387 e. The Labute approximate surface area is 133 Å². The molecule has 0 aliphatic rings. The molecule has 2 aromatic carbocycles. The number of benzene rings is 2. The van der Waals surface area contributed by atoms with E-state index < -0.39 is 0 Å². The summed E-state index contributed by atoms with van der Waals surface area (Å²) in [6, 6.07) is 13.4. The molecule has 1 nitrogen and oxygen atoms in total. The highest BCUT2D eigenvalue weighted by atomic mass is 32.2. The van der Waals surface area contributed by atoms with E-state index in [-0.39, 0.29) is 6.04 Å². The number of rotatable bonds is 5. The first-order valence-electron chi connectivity index (χ1n) is 7.43. The van der Waals surface area contributed by atoms with Gasteiger partial charge in [-0.2, -0.15) is 11.8 Å². The van der Waals surface area contributed by atoms with Crippen molar-refractivity contribution in [3.8, 4) is 0 Å². The molecular weight excluding hydrogens is 274 g/mol. The van der Waals surface area contributed by atoms with Crippen molar-refractivity contribution in [3.05, 3.63) is 69.8 Å². The van der Waals surface area contributed by atoms with Crippen LogP contribution in [-0.4, -0.2) is 5.75 Å². The van der Waals surface area contributed by atoms with Gasteiger partial charge in [-0.25, -0.2) is 0 Å². The molecule has 0 saturated heterocycles. The second-order valence-electron chi connectivity index (χ2n) is 5.96. The summed E-state index contributed by atoms with van der Waals surface area (Å²) in [7, 11) is 0. The highest BCUT2D eigenvalue weighted by molar-refractivity contribution is 7.98. The van der Waals surface area contributed by atoms with E-state index in [0.29, 0.717) is 0 Å². The fourth-order valence-corrected chi connectivity index (χ4v) is 3.51. The second kappa shape index (κ2) is 7.15. The molecule has 0 aromatic heterocycles. The van der Waals surface area contributed by atoms with E-state index in [1.165, 1.54) is 33.4 Å². The lowest BCUT2D eigenvalue weighted by molar-refractivity contribution is 0.829. The summed E-state index contributed by atoms with van der Waals surface area (Å²) in [5, 5.41) is 0. The van der Waals surface area contributed by atoms with E-state index in [1.807, 2.05) is 11.8 Å². The molecule has 1 unspecified atom stereocenters. The van der Waals surface area contributed by atoms with Gasteiger partial charge in [-0.05, 0) is 49.9 Å². The van der Waals surface area contributed by atoms with Crippen LogP contribution in [0.15, 0.2) is 36.4 Å². The summed E-state index contributed by atoms with van der Waals surface area (Å²) in [6.45, 7) is 8.59. The predicted octanol–water partition coefficient (Wildman–Crippen LogP) is 4.85. The average Bonchev–Trinajstić information content (AvgIpc) is 2.40. The van der Waals surface area contributed by atoms with E-state index in [0.717, 1.165) is 11.5 Å². The van der Waals surface area contributed by atoms with Crippen molar-refractivity contribution in [3.63, 3.8) is 0 Å². The van der Waals surface area contributed by atoms with Gasteiger partial charge < -0.3 is 5.73 Å². The number of aryl methyl sites for hydroxylation is 4. The van der Waals surface area contributed by atoms with E-state index in [4.69, 9.17) is 5.73 Å². The topological polar surface area (TPSA) is 26.0 Å². The Hall–Kier alpha value is -1.25. The lowest BCUT2D eigenvalue weighted by atomic mass is 10.0. The minimum atomic E-state index is 0.111. The lowest BCUT2D eigenvalue weighted by Gasteiger charge is -2.14. The number of nitrogens with two attached hydrogens (primary N) is 1. The van der Waals surface area contributed by atoms with Gasteiger partial charge in [0.15, 0.2) is 0 Å². The first-order valence-corrected chi connectivity index (χ1v) is 8.59. The van der Waals surface area contributed by atoms with Gasteiger partial charge in [0.1, 0.15) is 0 Å². The van der Waals surface area contributed by atoms with Gasteiger partial charge in [0.2, 0.25) is 0 Å². The second-order valence-corrected chi connectivity index (χ2v) is 6.99. The molecule has 0 amide bonds. The Morgan fingerprint density at radius 2 is 1.57 bits per heavy atom. The van der Waals surface area contributed by atoms with Gasteiger partial charge >= 0.3 is 0 Å². The lowest BCUT2D eigenvalue weighted by Crippen LogP contribution is -2.13. The molecule has 0 heterocycles. The van der Waals surface area contributed by atoms with Crippen molar-refractivity contribution in [2.75, 3.05) is 5.75 Å². The third kappa shape index (κ3) is 4.62. The average molecular weight is 299 g/mol. The van der Waals surface area contributed by atoms with E-state index in [1.54, 1.807) is 0 Å². The van der Waals surface area contributed by atoms with Gasteiger partial charge in [-0.15, -0.1) is 0 Å². The van der Waals surface area contributed by atoms with Gasteiger partial charge in [0.05, 0.1) is 0 Å². The molecule has 2 aromatic rings. The molecule has 0 aliphatic carbocycles. The minimum Gasteiger partial charge on any atom is -0.323 e. The quantitative estimate of drug-likeness (QED) is 0.853. The molecular formula is C19H25NS. The summed E-state index contributed by atoms with van der Waals surface area (Å²) in [5.41, 5.74) is 14.3. The van der Waals surface area contributed by atoms with Crippen LogP contribution in [0.3, 0.4) is 0 Å². The largest absolute Gasteiger partial charge is 0.323 e. The van der Waals surface area contributed by atoms with Crippen LogP contribution in [0.2, 0.25) is 0 Å². The zero-order chi connectivity index (χ0) is 15.4. The van der Waals surface area contributed by atoms with Crippen LogP contribution in [0.5, 0.6) is 0 Å². The zero-order valence-corrected chi connectivity index (χ0v) is 14.3. The molecule has 112 valence electrons. The summed E-state index contributed by atoms with van der Waals surface area (Å²) in [5.74, 6) is 1.98. The molecule has 0 radical (unpaired) electrons. The summed E-state index contributed by atoms with van der Waals surface area (Å²) < 4.78 is 0. The highest BCUT2D eigenvalue weighted by Gasteiger charge is 2.07. The molecule has 0 spiro atoms. The Morgan fingerprint density at radius 3 is 2.19 bits per heavy atom. The molecule has 0 bridgehead atoms. The molecule has 0 saturated carbocycles. The van der Waals surface area contributed by atoms with Crippen molar-refractivity contribution in [1.29, 1.82) is 0 Å². The summed E-state index contributed by atoms with van der Waals surface area (Å²) in [4.78, 5) is 0. The molecule has 2 heteroatoms. The number of hydrogen-bond donors (Lipinski definition) is 1. The Kier molecular flexibility index (Phi) is 5.49. The van der Waals surface area contributed by atoms with Crippen molar-refractivity contribution in [2.45, 2.75) is 39.5 Å². The number of thioether (sulfide) groups is 1. The van der Waals surface area contributed by atoms with Crippen molar-refractivity contribution < 1.29 is 0 Å². The van der Waals surface area contributed by atoms with E-state index in [9.17, 15) is 0 Å². The van der Waals surface area contributed by atoms with Gasteiger partial charge in [-0.3, -0.25) is 0 Å². The first-order chi connectivity index (χ1) is 9.95. The Balaban J connectivity index is 1.91. The SMILES string of the molecule is Cc1cc(C)cc(CSCC(N)c2ccc(C)c(C)c2)c1. The maximum absolute atomic E-state index is 6.32. The van der Waals surface area contributed by atoms with Crippen LogP contribution in [0, 0.1) is 27.7 Å². The predicted molar refractivity (Wildman–Crippen MR) is 94.9 cm³/mol. The van der Waals surface area contributed by atoms with Gasteiger partial charge in [0.25, 0.3) is 0 Å². The molecule has 0 fully saturated rings. The summed E-state index contributed by atoms with van der Waals surface area (Å²) >= 11 is 1.91. The van der Waals surface area contributed by atoms with Crippen molar-refractivity contribution >= 4 is 11.8 Å². The first kappa shape index (κ1) is 16.1. The third-order valence-corrected chi connectivity index (χ3v) is 4.94. The maximum atomic E-state index is 6.32. The normalized spacial score (nSPS) is 12.4. The molecule has 2 rings (SSSR count). The van der Waals surface area contributed by atoms with Gasteiger partial charge in [-0.1, -0.05) is 47.5 Å². The molecule has 1 atom stereocenters. The molecule has 0 aliphatic heterocycles. The van der Waals surface area contributed by atoms with Crippen molar-refractivity contribution in [2.24, 2.45) is 5.73 Å². The van der Waals surface area contributed by atoms with E-state index in [2.05, 4.69) is 64.1 Å². The Morgan fingerprint density at radius 1 is 0.905 bits per heavy atom. The third-order valence-electron chi connectivity index (χ3n) is 3.81. The van der Waals surface area contributed by atoms with Crippen LogP contribution in [-0.2, 0) is 5.75 Å². The standard InChI is InChI=1S/C19H25NS/c1-13-7-14(2)9-17(8-13)11-21-12-19(20)18-6-5-15(3)16(4)10-18/h5-10,19H,11-12,20H2,1-4H3. The number of hydrogen-bond acceptors (Lipinski definition) is 2. The van der Waals surface area contributed by atoms with Gasteiger partial charge in [0, 0.05) is 17.5 Å². The summed E-state index contributed by atoms with van der Waals surface area (Å²) in [6.07, 6.45) is 0. The van der Waals surface area contributed by atoms with Crippen LogP contribution < -0.4 is 5.73 Å². The highest BCUT2D eigenvalue weighted by Crippen LogP contribution is 2.22. The van der Waals surface area contributed by atoms with Crippen molar-refractivity contribution in [1.82, 2.24) is 0 Å². The fraction of sp³-hybridized carbons (Fsp3) is 0.368.